The monoisotopic (exact) mass is 355 g/mol. The second kappa shape index (κ2) is 10.1. The van der Waals surface area contributed by atoms with Crippen LogP contribution in [0.3, 0.4) is 0 Å². The summed E-state index contributed by atoms with van der Waals surface area (Å²) in [4.78, 5) is 29.7. The number of aliphatic imine (C=N–C) groups is 1. The zero-order valence-corrected chi connectivity index (χ0v) is 16.1. The number of rotatable bonds is 6. The van der Waals surface area contributed by atoms with Crippen molar-refractivity contribution in [2.75, 3.05) is 39.8 Å². The Hall–Kier alpha value is -1.99. The fourth-order valence-electron chi connectivity index (χ4n) is 2.59. The van der Waals surface area contributed by atoms with Gasteiger partial charge in [-0.2, -0.15) is 0 Å². The highest BCUT2D eigenvalue weighted by atomic mass is 16.6. The number of nitrogens with one attached hydrogen (secondary N) is 3. The van der Waals surface area contributed by atoms with Gasteiger partial charge in [-0.05, 0) is 40.5 Å². The Labute approximate surface area is 150 Å². The summed E-state index contributed by atoms with van der Waals surface area (Å²) in [5.41, 5.74) is -0.527. The van der Waals surface area contributed by atoms with Crippen LogP contribution in [0.4, 0.5) is 4.79 Å². The van der Waals surface area contributed by atoms with Crippen LogP contribution >= 0.6 is 0 Å². The minimum Gasteiger partial charge on any atom is -0.450 e. The summed E-state index contributed by atoms with van der Waals surface area (Å²) in [5.74, 6) is 0.688. The van der Waals surface area contributed by atoms with Crippen LogP contribution in [0.25, 0.3) is 0 Å². The Morgan fingerprint density at radius 2 is 1.84 bits per heavy atom. The molecule has 0 aromatic carbocycles. The van der Waals surface area contributed by atoms with E-state index in [1.807, 2.05) is 27.7 Å². The smallest absolute Gasteiger partial charge is 0.409 e. The molecule has 25 heavy (non-hydrogen) atoms. The van der Waals surface area contributed by atoms with E-state index in [2.05, 4.69) is 20.9 Å². The number of nitrogens with zero attached hydrogens (tertiary/aromatic N) is 2. The Bertz CT molecular complexity index is 471. The fourth-order valence-corrected chi connectivity index (χ4v) is 2.59. The normalized spacial score (nSPS) is 16.4. The highest BCUT2D eigenvalue weighted by molar-refractivity contribution is 5.84. The lowest BCUT2D eigenvalue weighted by molar-refractivity contribution is -0.128. The first-order valence-electron chi connectivity index (χ1n) is 9.01. The van der Waals surface area contributed by atoms with Crippen molar-refractivity contribution in [3.05, 3.63) is 0 Å². The molecule has 0 spiro atoms. The van der Waals surface area contributed by atoms with Crippen molar-refractivity contribution >= 4 is 18.0 Å². The Balaban J connectivity index is 2.43. The molecule has 3 N–H and O–H groups in total. The van der Waals surface area contributed by atoms with Gasteiger partial charge in [-0.15, -0.1) is 0 Å². The predicted molar refractivity (Wildman–Crippen MR) is 98.6 cm³/mol. The molecule has 1 aliphatic heterocycles. The van der Waals surface area contributed by atoms with Gasteiger partial charge in [-0.25, -0.2) is 4.79 Å². The molecule has 1 fully saturated rings. The second-order valence-corrected chi connectivity index (χ2v) is 6.77. The van der Waals surface area contributed by atoms with Crippen LogP contribution in [0.2, 0.25) is 0 Å². The van der Waals surface area contributed by atoms with E-state index < -0.39 is 5.41 Å². The molecular weight excluding hydrogens is 322 g/mol. The second-order valence-electron chi connectivity index (χ2n) is 6.77. The molecule has 0 aromatic rings. The van der Waals surface area contributed by atoms with Crippen LogP contribution in [-0.4, -0.2) is 68.7 Å². The molecule has 144 valence electrons. The minimum absolute atomic E-state index is 0.0145. The van der Waals surface area contributed by atoms with E-state index in [0.29, 0.717) is 38.7 Å². The Morgan fingerprint density at radius 1 is 1.20 bits per heavy atom. The van der Waals surface area contributed by atoms with Crippen molar-refractivity contribution in [2.24, 2.45) is 10.4 Å². The van der Waals surface area contributed by atoms with Crippen LogP contribution in [0, 0.1) is 5.41 Å². The van der Waals surface area contributed by atoms with Gasteiger partial charge >= 0.3 is 6.09 Å². The third kappa shape index (κ3) is 6.80. The number of carbonyl (C=O) groups is 2. The van der Waals surface area contributed by atoms with Gasteiger partial charge in [0.25, 0.3) is 0 Å². The van der Waals surface area contributed by atoms with E-state index in [1.165, 1.54) is 0 Å². The van der Waals surface area contributed by atoms with E-state index in [-0.39, 0.29) is 18.0 Å². The minimum atomic E-state index is -0.527. The lowest BCUT2D eigenvalue weighted by atomic mass is 9.92. The fraction of sp³-hybridized carbons (Fsp3) is 0.824. The van der Waals surface area contributed by atoms with Crippen LogP contribution in [0.1, 0.15) is 40.5 Å². The van der Waals surface area contributed by atoms with E-state index in [9.17, 15) is 9.59 Å². The van der Waals surface area contributed by atoms with Crippen LogP contribution in [0.5, 0.6) is 0 Å². The number of likely N-dealkylation sites (tertiary alicyclic amines) is 1. The van der Waals surface area contributed by atoms with Crippen molar-refractivity contribution in [3.63, 3.8) is 0 Å². The first kappa shape index (κ1) is 21.1. The number of amides is 2. The molecule has 1 aliphatic rings. The van der Waals surface area contributed by atoms with E-state index in [1.54, 1.807) is 11.9 Å². The topological polar surface area (TPSA) is 95.1 Å². The first-order valence-corrected chi connectivity index (χ1v) is 9.01. The van der Waals surface area contributed by atoms with E-state index in [4.69, 9.17) is 4.74 Å². The van der Waals surface area contributed by atoms with Crippen LogP contribution < -0.4 is 16.0 Å². The molecule has 1 heterocycles. The third-order valence-corrected chi connectivity index (χ3v) is 4.24. The van der Waals surface area contributed by atoms with Crippen LogP contribution in [-0.2, 0) is 9.53 Å². The zero-order valence-electron chi connectivity index (χ0n) is 16.1. The highest BCUT2D eigenvalue weighted by Crippen LogP contribution is 2.14. The van der Waals surface area contributed by atoms with Crippen LogP contribution in [0.15, 0.2) is 4.99 Å². The van der Waals surface area contributed by atoms with Crippen molar-refractivity contribution in [3.8, 4) is 0 Å². The molecule has 2 amide bonds. The molecule has 0 saturated carbocycles. The molecule has 8 heteroatoms. The molecule has 1 saturated heterocycles. The average Bonchev–Trinajstić information content (AvgIpc) is 2.59. The molecule has 8 nitrogen and oxygen atoms in total. The Morgan fingerprint density at radius 3 is 2.36 bits per heavy atom. The zero-order chi connectivity index (χ0) is 18.9. The van der Waals surface area contributed by atoms with Gasteiger partial charge < -0.3 is 25.6 Å². The first-order chi connectivity index (χ1) is 11.8. The molecule has 0 unspecified atom stereocenters. The van der Waals surface area contributed by atoms with Crippen molar-refractivity contribution in [1.29, 1.82) is 0 Å². The molecule has 0 aliphatic carbocycles. The molecule has 1 rings (SSSR count). The number of guanidine groups is 1. The van der Waals surface area contributed by atoms with Crippen molar-refractivity contribution in [1.82, 2.24) is 20.9 Å². The van der Waals surface area contributed by atoms with E-state index >= 15 is 0 Å². The lowest BCUT2D eigenvalue weighted by Crippen LogP contribution is -2.52. The molecule has 0 atom stereocenters. The lowest BCUT2D eigenvalue weighted by Gasteiger charge is -2.33. The molecule has 0 aromatic heterocycles. The van der Waals surface area contributed by atoms with Gasteiger partial charge in [0.1, 0.15) is 0 Å². The molecular formula is C17H33N5O3. The summed E-state index contributed by atoms with van der Waals surface area (Å²) in [5, 5.41) is 9.44. The summed E-state index contributed by atoms with van der Waals surface area (Å²) < 4.78 is 5.03. The average molecular weight is 355 g/mol. The van der Waals surface area contributed by atoms with E-state index in [0.717, 1.165) is 12.8 Å². The standard InChI is InChI=1S/C17H33N5O3/c1-6-19-14(23)17(3,4)12-20-15(18-5)21-13-8-10-22(11-9-13)16(24)25-7-2/h13H,6-12H2,1-5H3,(H,19,23)(H2,18,20,21). The van der Waals surface area contributed by atoms with Crippen molar-refractivity contribution < 1.29 is 14.3 Å². The van der Waals surface area contributed by atoms with Gasteiger partial charge in [0, 0.05) is 39.3 Å². The van der Waals surface area contributed by atoms with Gasteiger partial charge in [-0.1, -0.05) is 0 Å². The predicted octanol–water partition coefficient (Wildman–Crippen LogP) is 0.935. The molecule has 0 bridgehead atoms. The maximum atomic E-state index is 12.0. The number of carbonyl (C=O) groups excluding carboxylic acids is 2. The van der Waals surface area contributed by atoms with Gasteiger partial charge in [0.15, 0.2) is 5.96 Å². The summed E-state index contributed by atoms with van der Waals surface area (Å²) in [7, 11) is 1.71. The number of hydrogen-bond acceptors (Lipinski definition) is 4. The number of hydrogen-bond donors (Lipinski definition) is 3. The van der Waals surface area contributed by atoms with Crippen molar-refractivity contribution in [2.45, 2.75) is 46.6 Å². The maximum absolute atomic E-state index is 12.0. The third-order valence-electron chi connectivity index (χ3n) is 4.24. The summed E-state index contributed by atoms with van der Waals surface area (Å²) in [6.45, 7) is 10.3. The van der Waals surface area contributed by atoms with Gasteiger partial charge in [-0.3, -0.25) is 9.79 Å². The molecule has 0 radical (unpaired) electrons. The summed E-state index contributed by atoms with van der Waals surface area (Å²) >= 11 is 0. The summed E-state index contributed by atoms with van der Waals surface area (Å²) in [6.07, 6.45) is 1.42. The largest absolute Gasteiger partial charge is 0.450 e. The van der Waals surface area contributed by atoms with Gasteiger partial charge in [0.2, 0.25) is 5.91 Å². The summed E-state index contributed by atoms with van der Waals surface area (Å²) in [6, 6.07) is 0.240. The maximum Gasteiger partial charge on any atom is 0.409 e. The number of ether oxygens (including phenoxy) is 1. The Kier molecular flexibility index (Phi) is 8.51. The SMILES string of the molecule is CCNC(=O)C(C)(C)CNC(=NC)NC1CCN(C(=O)OCC)CC1. The highest BCUT2D eigenvalue weighted by Gasteiger charge is 2.28. The van der Waals surface area contributed by atoms with Gasteiger partial charge in [0.05, 0.1) is 12.0 Å². The number of piperidine rings is 1. The quantitative estimate of drug-likeness (QED) is 0.487.